The Morgan fingerprint density at radius 1 is 1.32 bits per heavy atom. The molecule has 2 aliphatic rings. The summed E-state index contributed by atoms with van der Waals surface area (Å²) in [5, 5.41) is 0. The molecule has 0 aliphatic heterocycles. The van der Waals surface area contributed by atoms with Crippen LogP contribution in [0.15, 0.2) is 18.2 Å². The van der Waals surface area contributed by atoms with Gasteiger partial charge in [0.1, 0.15) is 5.82 Å². The molecule has 3 atom stereocenters. The third-order valence-electron chi connectivity index (χ3n) is 5.07. The molecule has 0 amide bonds. The van der Waals surface area contributed by atoms with E-state index in [-0.39, 0.29) is 0 Å². The number of fused-ring (bicyclic) bond motifs is 3. The largest absolute Gasteiger partial charge is 0.324 e. The van der Waals surface area contributed by atoms with E-state index in [2.05, 4.69) is 29.7 Å². The van der Waals surface area contributed by atoms with E-state index in [9.17, 15) is 0 Å². The summed E-state index contributed by atoms with van der Waals surface area (Å²) in [6, 6.07) is 7.17. The number of halogens is 1. The summed E-state index contributed by atoms with van der Waals surface area (Å²) in [6.07, 6.45) is 5.57. The molecule has 2 aromatic rings. The number of rotatable bonds is 2. The van der Waals surface area contributed by atoms with Crippen molar-refractivity contribution in [3.05, 3.63) is 29.6 Å². The molecule has 100 valence electrons. The molecule has 2 bridgehead atoms. The molecule has 0 spiro atoms. The van der Waals surface area contributed by atoms with Crippen molar-refractivity contribution in [3.63, 3.8) is 0 Å². The zero-order chi connectivity index (χ0) is 13.0. The summed E-state index contributed by atoms with van der Waals surface area (Å²) in [5.74, 6) is 3.37. The van der Waals surface area contributed by atoms with Gasteiger partial charge < -0.3 is 4.57 Å². The highest BCUT2D eigenvalue weighted by molar-refractivity contribution is 6.16. The number of imidazole rings is 1. The molecule has 0 saturated heterocycles. The van der Waals surface area contributed by atoms with Gasteiger partial charge in [0.25, 0.3) is 0 Å². The minimum atomic E-state index is 0.515. The van der Waals surface area contributed by atoms with E-state index in [0.717, 1.165) is 23.2 Å². The third-order valence-corrected chi connectivity index (χ3v) is 5.31. The number of aromatic nitrogens is 2. The first-order valence-corrected chi connectivity index (χ1v) is 7.83. The molecule has 0 radical (unpaired) electrons. The van der Waals surface area contributed by atoms with E-state index in [1.165, 1.54) is 36.8 Å². The second-order valence-electron chi connectivity index (χ2n) is 6.27. The van der Waals surface area contributed by atoms with Crippen molar-refractivity contribution >= 4 is 22.6 Å². The number of alkyl halides is 1. The van der Waals surface area contributed by atoms with Gasteiger partial charge in [-0.25, -0.2) is 4.98 Å². The number of aryl methyl sites for hydroxylation is 1. The summed E-state index contributed by atoms with van der Waals surface area (Å²) in [4.78, 5) is 4.73. The van der Waals surface area contributed by atoms with Crippen LogP contribution in [0, 0.1) is 18.8 Å². The Labute approximate surface area is 118 Å². The molecule has 2 aliphatic carbocycles. The van der Waals surface area contributed by atoms with Gasteiger partial charge in [0, 0.05) is 6.04 Å². The molecular weight excluding hydrogens is 256 g/mol. The third kappa shape index (κ3) is 1.73. The Kier molecular flexibility index (Phi) is 2.63. The second kappa shape index (κ2) is 4.24. The maximum Gasteiger partial charge on any atom is 0.125 e. The first-order valence-electron chi connectivity index (χ1n) is 7.29. The molecule has 4 rings (SSSR count). The van der Waals surface area contributed by atoms with Crippen LogP contribution >= 0.6 is 11.6 Å². The van der Waals surface area contributed by atoms with Crippen LogP contribution in [-0.4, -0.2) is 9.55 Å². The number of nitrogens with zero attached hydrogens (tertiary/aromatic N) is 2. The Balaban J connectivity index is 1.89. The van der Waals surface area contributed by atoms with Gasteiger partial charge in [0.2, 0.25) is 0 Å². The van der Waals surface area contributed by atoms with Crippen LogP contribution < -0.4 is 0 Å². The van der Waals surface area contributed by atoms with Crippen LogP contribution in [0.3, 0.4) is 0 Å². The molecule has 0 N–H and O–H groups in total. The summed E-state index contributed by atoms with van der Waals surface area (Å²) in [6.45, 7) is 2.15. The Hall–Kier alpha value is -1.02. The lowest BCUT2D eigenvalue weighted by Gasteiger charge is -2.25. The summed E-state index contributed by atoms with van der Waals surface area (Å²) in [7, 11) is 0. The average molecular weight is 275 g/mol. The van der Waals surface area contributed by atoms with Crippen LogP contribution in [0.1, 0.15) is 43.1 Å². The Morgan fingerprint density at radius 2 is 2.21 bits per heavy atom. The topological polar surface area (TPSA) is 17.8 Å². The molecule has 3 unspecified atom stereocenters. The maximum atomic E-state index is 6.14. The van der Waals surface area contributed by atoms with Gasteiger partial charge in [0.05, 0.1) is 16.9 Å². The Morgan fingerprint density at radius 3 is 2.89 bits per heavy atom. The fourth-order valence-electron chi connectivity index (χ4n) is 4.24. The molecule has 2 saturated carbocycles. The fourth-order valence-corrected chi connectivity index (χ4v) is 4.43. The highest BCUT2D eigenvalue weighted by Gasteiger charge is 2.41. The molecular formula is C16H19ClN2. The second-order valence-corrected chi connectivity index (χ2v) is 6.53. The highest BCUT2D eigenvalue weighted by atomic mass is 35.5. The van der Waals surface area contributed by atoms with Crippen molar-refractivity contribution in [2.75, 3.05) is 0 Å². The SMILES string of the molecule is Cc1ccc2nc(CCl)n(C3CC4CCC3C4)c2c1. The van der Waals surface area contributed by atoms with Crippen molar-refractivity contribution in [1.82, 2.24) is 9.55 Å². The maximum absolute atomic E-state index is 6.14. The minimum absolute atomic E-state index is 0.515. The van der Waals surface area contributed by atoms with Gasteiger partial charge in [-0.1, -0.05) is 12.5 Å². The quantitative estimate of drug-likeness (QED) is 0.740. The van der Waals surface area contributed by atoms with Crippen molar-refractivity contribution < 1.29 is 0 Å². The molecule has 1 heterocycles. The zero-order valence-corrected chi connectivity index (χ0v) is 12.0. The van der Waals surface area contributed by atoms with Gasteiger partial charge in [-0.05, 0) is 55.7 Å². The predicted octanol–water partition coefficient (Wildman–Crippen LogP) is 4.44. The van der Waals surface area contributed by atoms with Gasteiger partial charge in [-0.3, -0.25) is 0 Å². The van der Waals surface area contributed by atoms with E-state index < -0.39 is 0 Å². The normalized spacial score (nSPS) is 29.5. The number of hydrogen-bond donors (Lipinski definition) is 0. The first kappa shape index (κ1) is 11.8. The first-order chi connectivity index (χ1) is 9.26. The van der Waals surface area contributed by atoms with Crippen LogP contribution in [0.4, 0.5) is 0 Å². The van der Waals surface area contributed by atoms with E-state index in [4.69, 9.17) is 16.6 Å². The van der Waals surface area contributed by atoms with E-state index >= 15 is 0 Å². The minimum Gasteiger partial charge on any atom is -0.324 e. The average Bonchev–Trinajstić information content (AvgIpc) is 3.10. The molecule has 2 nitrogen and oxygen atoms in total. The lowest BCUT2D eigenvalue weighted by Crippen LogP contribution is -2.18. The van der Waals surface area contributed by atoms with Crippen molar-refractivity contribution in [2.24, 2.45) is 11.8 Å². The van der Waals surface area contributed by atoms with Crippen molar-refractivity contribution in [1.29, 1.82) is 0 Å². The number of hydrogen-bond acceptors (Lipinski definition) is 1. The predicted molar refractivity (Wildman–Crippen MR) is 78.5 cm³/mol. The van der Waals surface area contributed by atoms with Crippen LogP contribution in [0.5, 0.6) is 0 Å². The van der Waals surface area contributed by atoms with Crippen LogP contribution in [0.2, 0.25) is 0 Å². The van der Waals surface area contributed by atoms with Crippen LogP contribution in [0.25, 0.3) is 11.0 Å². The van der Waals surface area contributed by atoms with E-state index in [1.54, 1.807) is 0 Å². The summed E-state index contributed by atoms with van der Waals surface area (Å²) < 4.78 is 2.46. The zero-order valence-electron chi connectivity index (χ0n) is 11.3. The standard InChI is InChI=1S/C16H19ClN2/c1-10-2-5-13-15(6-10)19(16(9-17)18-13)14-8-11-3-4-12(14)7-11/h2,5-6,11-12,14H,3-4,7-9H2,1H3. The molecule has 2 fully saturated rings. The van der Waals surface area contributed by atoms with Crippen LogP contribution in [-0.2, 0) is 5.88 Å². The summed E-state index contributed by atoms with van der Waals surface area (Å²) in [5.41, 5.74) is 3.69. The van der Waals surface area contributed by atoms with Gasteiger partial charge >= 0.3 is 0 Å². The monoisotopic (exact) mass is 274 g/mol. The number of benzene rings is 1. The molecule has 3 heteroatoms. The van der Waals surface area contributed by atoms with Crippen molar-refractivity contribution in [3.8, 4) is 0 Å². The highest BCUT2D eigenvalue weighted by Crippen LogP contribution is 2.51. The molecule has 1 aromatic heterocycles. The van der Waals surface area contributed by atoms with Gasteiger partial charge in [-0.15, -0.1) is 11.6 Å². The van der Waals surface area contributed by atoms with E-state index in [1.807, 2.05) is 0 Å². The van der Waals surface area contributed by atoms with Crippen molar-refractivity contribution in [2.45, 2.75) is 44.5 Å². The smallest absolute Gasteiger partial charge is 0.125 e. The lowest BCUT2D eigenvalue weighted by molar-refractivity contribution is 0.331. The fraction of sp³-hybridized carbons (Fsp3) is 0.562. The Bertz CT molecular complexity index is 631. The van der Waals surface area contributed by atoms with Gasteiger partial charge in [-0.2, -0.15) is 0 Å². The lowest BCUT2D eigenvalue weighted by atomic mass is 9.95. The van der Waals surface area contributed by atoms with Gasteiger partial charge in [0.15, 0.2) is 0 Å². The molecule has 1 aromatic carbocycles. The molecule has 19 heavy (non-hydrogen) atoms. The van der Waals surface area contributed by atoms with E-state index in [0.29, 0.717) is 11.9 Å². The summed E-state index contributed by atoms with van der Waals surface area (Å²) >= 11 is 6.14.